The monoisotopic (exact) mass is 227 g/mol. The van der Waals surface area contributed by atoms with E-state index in [0.29, 0.717) is 5.25 Å². The minimum absolute atomic E-state index is 0.257. The highest BCUT2D eigenvalue weighted by Gasteiger charge is 2.31. The molecule has 0 bridgehead atoms. The summed E-state index contributed by atoms with van der Waals surface area (Å²) in [7, 11) is 0. The molecule has 1 nitrogen and oxygen atoms in total. The van der Waals surface area contributed by atoms with Crippen LogP contribution in [0.4, 0.5) is 13.2 Å². The first kappa shape index (κ1) is 12.2. The van der Waals surface area contributed by atoms with Crippen molar-refractivity contribution in [1.29, 1.82) is 0 Å². The average Bonchev–Trinajstić information content (AvgIpc) is 2.30. The van der Waals surface area contributed by atoms with E-state index in [2.05, 4.69) is 12.2 Å². The molecule has 0 amide bonds. The van der Waals surface area contributed by atoms with Gasteiger partial charge < -0.3 is 5.32 Å². The second-order valence-electron chi connectivity index (χ2n) is 3.96. The maximum Gasteiger partial charge on any atom is 0.390 e. The molecule has 0 aromatic rings. The van der Waals surface area contributed by atoms with Crippen LogP contribution in [0.2, 0.25) is 0 Å². The third-order valence-corrected chi connectivity index (χ3v) is 3.61. The molecule has 5 heteroatoms. The largest absolute Gasteiger partial charge is 0.390 e. The summed E-state index contributed by atoms with van der Waals surface area (Å²) in [4.78, 5) is 0. The number of thioether (sulfide) groups is 1. The molecule has 0 aromatic carbocycles. The quantitative estimate of drug-likeness (QED) is 0.795. The Hall–Kier alpha value is 0.100. The van der Waals surface area contributed by atoms with Crippen molar-refractivity contribution >= 4 is 11.8 Å². The summed E-state index contributed by atoms with van der Waals surface area (Å²) in [5.41, 5.74) is 0. The first-order valence-electron chi connectivity index (χ1n) is 4.81. The zero-order valence-corrected chi connectivity index (χ0v) is 9.21. The summed E-state index contributed by atoms with van der Waals surface area (Å²) in [6, 6.07) is -0.210. The maximum absolute atomic E-state index is 12.0. The summed E-state index contributed by atoms with van der Waals surface area (Å²) in [6.45, 7) is 3.71. The van der Waals surface area contributed by atoms with Crippen molar-refractivity contribution in [3.8, 4) is 0 Å². The molecule has 3 atom stereocenters. The Morgan fingerprint density at radius 2 is 2.14 bits per heavy atom. The van der Waals surface area contributed by atoms with E-state index < -0.39 is 18.6 Å². The topological polar surface area (TPSA) is 12.0 Å². The van der Waals surface area contributed by atoms with Crippen molar-refractivity contribution in [2.75, 3.05) is 5.75 Å². The highest BCUT2D eigenvalue weighted by Crippen LogP contribution is 2.27. The van der Waals surface area contributed by atoms with Crippen LogP contribution in [0.15, 0.2) is 0 Å². The van der Waals surface area contributed by atoms with Crippen LogP contribution in [0.25, 0.3) is 0 Å². The Morgan fingerprint density at radius 1 is 1.50 bits per heavy atom. The van der Waals surface area contributed by atoms with Gasteiger partial charge in [0.15, 0.2) is 0 Å². The minimum atomic E-state index is -4.05. The molecule has 0 saturated carbocycles. The van der Waals surface area contributed by atoms with Crippen molar-refractivity contribution < 1.29 is 13.2 Å². The number of hydrogen-bond acceptors (Lipinski definition) is 2. The highest BCUT2D eigenvalue weighted by atomic mass is 32.2. The molecule has 1 rings (SSSR count). The van der Waals surface area contributed by atoms with Gasteiger partial charge in [-0.15, -0.1) is 0 Å². The van der Waals surface area contributed by atoms with Gasteiger partial charge in [0.25, 0.3) is 0 Å². The molecule has 3 unspecified atom stereocenters. The molecular formula is C9H16F3NS. The summed E-state index contributed by atoms with van der Waals surface area (Å²) in [5.74, 6) is 0.934. The van der Waals surface area contributed by atoms with Gasteiger partial charge in [0, 0.05) is 23.1 Å². The van der Waals surface area contributed by atoms with E-state index in [-0.39, 0.29) is 6.04 Å². The van der Waals surface area contributed by atoms with E-state index in [9.17, 15) is 13.2 Å². The number of halogens is 3. The molecule has 1 heterocycles. The molecule has 1 aliphatic rings. The standard InChI is InChI=1S/C9H16F3NS/c1-6(4-9(10,11)12)13-8-3-7(2)14-5-8/h6-8,13H,3-5H2,1-2H3. The van der Waals surface area contributed by atoms with Gasteiger partial charge in [0.1, 0.15) is 0 Å². The van der Waals surface area contributed by atoms with Crippen molar-refractivity contribution in [2.24, 2.45) is 0 Å². The Balaban J connectivity index is 2.24. The van der Waals surface area contributed by atoms with Gasteiger partial charge in [-0.25, -0.2) is 0 Å². The lowest BCUT2D eigenvalue weighted by Gasteiger charge is -2.20. The van der Waals surface area contributed by atoms with Crippen LogP contribution in [0.1, 0.15) is 26.7 Å². The molecular weight excluding hydrogens is 211 g/mol. The smallest absolute Gasteiger partial charge is 0.310 e. The fourth-order valence-corrected chi connectivity index (χ4v) is 2.90. The normalized spacial score (nSPS) is 30.6. The first-order chi connectivity index (χ1) is 6.37. The molecule has 0 aromatic heterocycles. The van der Waals surface area contributed by atoms with Crippen molar-refractivity contribution in [3.63, 3.8) is 0 Å². The van der Waals surface area contributed by atoms with Crippen molar-refractivity contribution in [1.82, 2.24) is 5.32 Å². The van der Waals surface area contributed by atoms with Gasteiger partial charge in [-0.05, 0) is 13.3 Å². The van der Waals surface area contributed by atoms with Crippen LogP contribution in [0.5, 0.6) is 0 Å². The molecule has 1 saturated heterocycles. The highest BCUT2D eigenvalue weighted by molar-refractivity contribution is 8.00. The fraction of sp³-hybridized carbons (Fsp3) is 1.00. The Labute approximate surface area is 86.8 Å². The zero-order valence-electron chi connectivity index (χ0n) is 8.40. The predicted molar refractivity (Wildman–Crippen MR) is 53.6 cm³/mol. The van der Waals surface area contributed by atoms with E-state index >= 15 is 0 Å². The Kier molecular flexibility index (Phi) is 4.13. The van der Waals surface area contributed by atoms with Gasteiger partial charge in [-0.1, -0.05) is 6.92 Å². The maximum atomic E-state index is 12.0. The number of hydrogen-bond donors (Lipinski definition) is 1. The molecule has 14 heavy (non-hydrogen) atoms. The first-order valence-corrected chi connectivity index (χ1v) is 5.86. The molecule has 0 spiro atoms. The third-order valence-electron chi connectivity index (χ3n) is 2.26. The van der Waals surface area contributed by atoms with Gasteiger partial charge in [0.2, 0.25) is 0 Å². The van der Waals surface area contributed by atoms with E-state index in [1.54, 1.807) is 6.92 Å². The molecule has 0 radical (unpaired) electrons. The average molecular weight is 227 g/mol. The molecule has 1 aliphatic heterocycles. The number of rotatable bonds is 3. The van der Waals surface area contributed by atoms with Gasteiger partial charge in [0.05, 0.1) is 6.42 Å². The van der Waals surface area contributed by atoms with Crippen molar-refractivity contribution in [2.45, 2.75) is 50.2 Å². The van der Waals surface area contributed by atoms with Crippen molar-refractivity contribution in [3.05, 3.63) is 0 Å². The number of alkyl halides is 3. The van der Waals surface area contributed by atoms with Gasteiger partial charge >= 0.3 is 6.18 Å². The third kappa shape index (κ3) is 4.55. The van der Waals surface area contributed by atoms with Crippen LogP contribution in [0, 0.1) is 0 Å². The molecule has 84 valence electrons. The Morgan fingerprint density at radius 3 is 2.57 bits per heavy atom. The summed E-state index contributed by atoms with van der Waals surface area (Å²) >= 11 is 1.82. The van der Waals surface area contributed by atoms with E-state index in [4.69, 9.17) is 0 Å². The summed E-state index contributed by atoms with van der Waals surface area (Å²) < 4.78 is 36.0. The summed E-state index contributed by atoms with van der Waals surface area (Å²) in [6.07, 6.45) is -3.81. The fourth-order valence-electron chi connectivity index (χ4n) is 1.74. The Bertz CT molecular complexity index is 183. The van der Waals surface area contributed by atoms with Gasteiger partial charge in [-0.2, -0.15) is 24.9 Å². The second kappa shape index (κ2) is 4.75. The van der Waals surface area contributed by atoms with Crippen LogP contribution >= 0.6 is 11.8 Å². The minimum Gasteiger partial charge on any atom is -0.310 e. The van der Waals surface area contributed by atoms with E-state index in [0.717, 1.165) is 12.2 Å². The lowest BCUT2D eigenvalue weighted by Crippen LogP contribution is -2.39. The van der Waals surface area contributed by atoms with Crippen LogP contribution in [-0.2, 0) is 0 Å². The van der Waals surface area contributed by atoms with Gasteiger partial charge in [-0.3, -0.25) is 0 Å². The molecule has 0 aliphatic carbocycles. The number of nitrogens with one attached hydrogen (secondary N) is 1. The lowest BCUT2D eigenvalue weighted by atomic mass is 10.1. The van der Waals surface area contributed by atoms with Crippen LogP contribution in [0.3, 0.4) is 0 Å². The van der Waals surface area contributed by atoms with E-state index in [1.807, 2.05) is 11.8 Å². The molecule has 1 fully saturated rings. The van der Waals surface area contributed by atoms with Crippen LogP contribution in [-0.4, -0.2) is 29.3 Å². The van der Waals surface area contributed by atoms with E-state index in [1.165, 1.54) is 0 Å². The zero-order chi connectivity index (χ0) is 10.8. The predicted octanol–water partition coefficient (Wildman–Crippen LogP) is 2.81. The lowest BCUT2D eigenvalue weighted by molar-refractivity contribution is -0.139. The summed E-state index contributed by atoms with van der Waals surface area (Å²) in [5, 5.41) is 3.60. The second-order valence-corrected chi connectivity index (χ2v) is 5.43. The van der Waals surface area contributed by atoms with Crippen LogP contribution < -0.4 is 5.32 Å². The SMILES string of the molecule is CC(CC(F)(F)F)NC1CSC(C)C1. The molecule has 1 N–H and O–H groups in total.